The van der Waals surface area contributed by atoms with E-state index in [1.807, 2.05) is 0 Å². The number of aliphatic hydroxyl groups excluding tert-OH is 4. The monoisotopic (exact) mass is 438 g/mol. The van der Waals surface area contributed by atoms with Crippen molar-refractivity contribution >= 4 is 11.0 Å². The first-order valence-electron chi connectivity index (χ1n) is 9.97. The van der Waals surface area contributed by atoms with E-state index in [-0.39, 0.29) is 28.6 Å². The average Bonchev–Trinajstić information content (AvgIpc) is 3.13. The van der Waals surface area contributed by atoms with Gasteiger partial charge in [-0.15, -0.1) is 0 Å². The van der Waals surface area contributed by atoms with E-state index in [2.05, 4.69) is 0 Å². The normalized spacial score (nSPS) is 30.9. The van der Waals surface area contributed by atoms with Gasteiger partial charge in [0, 0.05) is 24.1 Å². The maximum atomic E-state index is 12.3. The summed E-state index contributed by atoms with van der Waals surface area (Å²) in [7, 11) is 0. The van der Waals surface area contributed by atoms with Crippen molar-refractivity contribution in [3.63, 3.8) is 0 Å². The summed E-state index contributed by atoms with van der Waals surface area (Å²) < 4.78 is 22.8. The van der Waals surface area contributed by atoms with E-state index in [0.717, 1.165) is 0 Å². The fraction of sp³-hybridized carbons (Fsp3) is 0.571. The minimum absolute atomic E-state index is 0.0706. The van der Waals surface area contributed by atoms with Gasteiger partial charge in [-0.25, -0.2) is 0 Å². The molecule has 3 heterocycles. The van der Waals surface area contributed by atoms with Gasteiger partial charge in [0.2, 0.25) is 0 Å². The van der Waals surface area contributed by atoms with Gasteiger partial charge in [-0.1, -0.05) is 0 Å². The molecular weight excluding hydrogens is 412 g/mol. The second-order valence-electron chi connectivity index (χ2n) is 8.53. The van der Waals surface area contributed by atoms with E-state index in [9.17, 15) is 30.3 Å². The largest absolute Gasteiger partial charge is 0.507 e. The van der Waals surface area contributed by atoms with Crippen LogP contribution in [0.2, 0.25) is 0 Å². The van der Waals surface area contributed by atoms with Crippen molar-refractivity contribution in [2.45, 2.75) is 69.6 Å². The molecule has 0 amide bonds. The minimum atomic E-state index is -1.57. The zero-order chi connectivity index (χ0) is 22.7. The Morgan fingerprint density at radius 1 is 1.16 bits per heavy atom. The van der Waals surface area contributed by atoms with Crippen LogP contribution in [0.15, 0.2) is 21.3 Å². The molecule has 10 nitrogen and oxygen atoms in total. The lowest BCUT2D eigenvalue weighted by atomic mass is 9.94. The van der Waals surface area contributed by atoms with E-state index in [1.165, 1.54) is 6.07 Å². The van der Waals surface area contributed by atoms with E-state index >= 15 is 0 Å². The van der Waals surface area contributed by atoms with Gasteiger partial charge in [0.05, 0.1) is 6.61 Å². The minimum Gasteiger partial charge on any atom is -0.507 e. The van der Waals surface area contributed by atoms with E-state index in [1.54, 1.807) is 26.8 Å². The van der Waals surface area contributed by atoms with Crippen LogP contribution >= 0.6 is 0 Å². The predicted molar refractivity (Wildman–Crippen MR) is 106 cm³/mol. The molecule has 0 saturated carbocycles. The SMILES string of the molecule is Cc1cc(=O)c2c(O)c3c(cc2o1)OC(C(C)(C)OC1OC(CO)C(O)C(O)C1O)C3. The van der Waals surface area contributed by atoms with Gasteiger partial charge in [0.1, 0.15) is 64.3 Å². The van der Waals surface area contributed by atoms with Crippen LogP contribution in [0, 0.1) is 6.92 Å². The lowest BCUT2D eigenvalue weighted by Crippen LogP contribution is -2.61. The average molecular weight is 438 g/mol. The molecular formula is C21H26O10. The Morgan fingerprint density at radius 3 is 2.55 bits per heavy atom. The highest BCUT2D eigenvalue weighted by Crippen LogP contribution is 2.43. The number of aryl methyl sites for hydroxylation is 1. The smallest absolute Gasteiger partial charge is 0.196 e. The summed E-state index contributed by atoms with van der Waals surface area (Å²) in [5.41, 5.74) is -0.827. The summed E-state index contributed by atoms with van der Waals surface area (Å²) in [5, 5.41) is 50.3. The molecule has 5 N–H and O–H groups in total. The molecule has 31 heavy (non-hydrogen) atoms. The fourth-order valence-corrected chi connectivity index (χ4v) is 4.05. The zero-order valence-electron chi connectivity index (χ0n) is 17.3. The van der Waals surface area contributed by atoms with Crippen molar-refractivity contribution in [3.8, 4) is 11.5 Å². The number of fused-ring (bicyclic) bond motifs is 2. The molecule has 1 aromatic carbocycles. The summed E-state index contributed by atoms with van der Waals surface area (Å²) in [6.45, 7) is 4.41. The van der Waals surface area contributed by atoms with Crippen LogP contribution in [0.25, 0.3) is 11.0 Å². The Kier molecular flexibility index (Phi) is 5.49. The molecule has 0 bridgehead atoms. The Balaban J connectivity index is 1.59. The van der Waals surface area contributed by atoms with Crippen LogP contribution < -0.4 is 10.2 Å². The highest BCUT2D eigenvalue weighted by atomic mass is 16.7. The topological polar surface area (TPSA) is 159 Å². The van der Waals surface area contributed by atoms with Crippen molar-refractivity contribution in [2.75, 3.05) is 6.61 Å². The summed E-state index contributed by atoms with van der Waals surface area (Å²) >= 11 is 0. The van der Waals surface area contributed by atoms with Crippen molar-refractivity contribution in [3.05, 3.63) is 33.7 Å². The first kappa shape index (κ1) is 22.0. The van der Waals surface area contributed by atoms with Gasteiger partial charge in [0.25, 0.3) is 0 Å². The van der Waals surface area contributed by atoms with E-state index < -0.39 is 49.0 Å². The van der Waals surface area contributed by atoms with Crippen molar-refractivity contribution in [2.24, 2.45) is 0 Å². The third-order valence-corrected chi connectivity index (χ3v) is 5.88. The number of ether oxygens (including phenoxy) is 3. The quantitative estimate of drug-likeness (QED) is 0.429. The molecule has 2 aliphatic rings. The molecule has 0 spiro atoms. The fourth-order valence-electron chi connectivity index (χ4n) is 4.05. The molecule has 0 aliphatic carbocycles. The summed E-state index contributed by atoms with van der Waals surface area (Å²) in [4.78, 5) is 12.3. The number of benzene rings is 1. The van der Waals surface area contributed by atoms with Gasteiger partial charge in [0.15, 0.2) is 11.7 Å². The van der Waals surface area contributed by atoms with Crippen molar-refractivity contribution in [1.82, 2.24) is 0 Å². The number of phenols is 1. The molecule has 1 fully saturated rings. The van der Waals surface area contributed by atoms with Gasteiger partial charge in [-0.3, -0.25) is 4.79 Å². The molecule has 1 aromatic heterocycles. The van der Waals surface area contributed by atoms with Crippen LogP contribution in [0.3, 0.4) is 0 Å². The number of phenolic OH excluding ortho intramolecular Hbond substituents is 1. The molecule has 6 atom stereocenters. The highest BCUT2D eigenvalue weighted by molar-refractivity contribution is 5.87. The molecule has 2 aromatic rings. The Morgan fingerprint density at radius 2 is 1.87 bits per heavy atom. The summed E-state index contributed by atoms with van der Waals surface area (Å²) in [6, 6.07) is 2.84. The highest BCUT2D eigenvalue weighted by Gasteiger charge is 2.48. The zero-order valence-corrected chi connectivity index (χ0v) is 17.3. The maximum Gasteiger partial charge on any atom is 0.196 e. The summed E-state index contributed by atoms with van der Waals surface area (Å²) in [5.74, 6) is 0.527. The van der Waals surface area contributed by atoms with Crippen molar-refractivity contribution < 1.29 is 44.2 Å². The molecule has 10 heteroatoms. The molecule has 1 saturated heterocycles. The maximum absolute atomic E-state index is 12.3. The second-order valence-corrected chi connectivity index (χ2v) is 8.53. The van der Waals surface area contributed by atoms with Gasteiger partial charge in [-0.05, 0) is 20.8 Å². The summed E-state index contributed by atoms with van der Waals surface area (Å²) in [6.07, 6.45) is -7.49. The van der Waals surface area contributed by atoms with Crippen LogP contribution in [-0.4, -0.2) is 74.6 Å². The van der Waals surface area contributed by atoms with E-state index in [0.29, 0.717) is 17.1 Å². The molecule has 6 unspecified atom stereocenters. The Labute approximate surface area is 177 Å². The molecule has 170 valence electrons. The number of aliphatic hydroxyl groups is 4. The second kappa shape index (κ2) is 7.73. The Bertz CT molecular complexity index is 1040. The van der Waals surface area contributed by atoms with Gasteiger partial charge < -0.3 is 44.2 Å². The van der Waals surface area contributed by atoms with Gasteiger partial charge >= 0.3 is 0 Å². The van der Waals surface area contributed by atoms with Crippen LogP contribution in [-0.2, 0) is 15.9 Å². The van der Waals surface area contributed by atoms with E-state index in [4.69, 9.17) is 18.6 Å². The lowest BCUT2D eigenvalue weighted by Gasteiger charge is -2.43. The standard InChI is InChI=1S/C21H26O10/c1-8-4-10(23)15-12(28-8)6-11-9(16(15)24)5-14(29-11)21(2,3)31-20-19(27)18(26)17(25)13(7-22)30-20/h4,6,13-14,17-20,22,24-27H,5,7H2,1-3H3. The third-order valence-electron chi connectivity index (χ3n) is 5.88. The first-order valence-corrected chi connectivity index (χ1v) is 9.97. The van der Waals surface area contributed by atoms with Crippen LogP contribution in [0.5, 0.6) is 11.5 Å². The number of rotatable bonds is 4. The molecule has 2 aliphatic heterocycles. The first-order chi connectivity index (χ1) is 14.5. The Hall–Kier alpha value is -2.21. The number of hydrogen-bond acceptors (Lipinski definition) is 10. The van der Waals surface area contributed by atoms with Gasteiger partial charge in [-0.2, -0.15) is 0 Å². The number of hydrogen-bond donors (Lipinski definition) is 5. The molecule has 4 rings (SSSR count). The predicted octanol–water partition coefficient (Wildman–Crippen LogP) is -0.294. The lowest BCUT2D eigenvalue weighted by molar-refractivity contribution is -0.329. The molecule has 0 radical (unpaired) electrons. The third kappa shape index (κ3) is 3.69. The van der Waals surface area contributed by atoms with Crippen LogP contribution in [0.4, 0.5) is 0 Å². The number of aromatic hydroxyl groups is 1. The van der Waals surface area contributed by atoms with Crippen LogP contribution in [0.1, 0.15) is 25.2 Å². The van der Waals surface area contributed by atoms with Crippen molar-refractivity contribution in [1.29, 1.82) is 0 Å².